The number of halogens is 1. The van der Waals surface area contributed by atoms with Gasteiger partial charge in [0.2, 0.25) is 5.82 Å². The van der Waals surface area contributed by atoms with E-state index in [1.807, 2.05) is 6.07 Å². The van der Waals surface area contributed by atoms with Gasteiger partial charge in [0.1, 0.15) is 24.4 Å². The molecule has 0 atom stereocenters. The summed E-state index contributed by atoms with van der Waals surface area (Å²) in [6, 6.07) is 7.37. The fourth-order valence-electron chi connectivity index (χ4n) is 4.48. The Kier molecular flexibility index (Phi) is 7.05. The van der Waals surface area contributed by atoms with Crippen molar-refractivity contribution in [3.8, 4) is 11.8 Å². The predicted octanol–water partition coefficient (Wildman–Crippen LogP) is 3.85. The summed E-state index contributed by atoms with van der Waals surface area (Å²) in [6.07, 6.45) is 9.40. The molecule has 1 heterocycles. The van der Waals surface area contributed by atoms with Crippen molar-refractivity contribution in [1.29, 1.82) is 5.26 Å². The highest BCUT2D eigenvalue weighted by Gasteiger charge is 2.27. The van der Waals surface area contributed by atoms with Gasteiger partial charge in [0, 0.05) is 18.0 Å². The molecule has 1 N–H and O–H groups in total. The van der Waals surface area contributed by atoms with Gasteiger partial charge in [0.05, 0.1) is 22.7 Å². The minimum atomic E-state index is -0.256. The van der Waals surface area contributed by atoms with Crippen LogP contribution in [0.1, 0.15) is 73.6 Å². The molecular formula is C23H26ClN5O3. The molecule has 0 radical (unpaired) electrons. The Balaban J connectivity index is 1.24. The van der Waals surface area contributed by atoms with Crippen LogP contribution in [0.4, 0.5) is 0 Å². The number of hydrogen-bond acceptors (Lipinski definition) is 6. The molecule has 168 valence electrons. The number of carbonyl (C=O) groups is 2. The third-order valence-electron chi connectivity index (χ3n) is 6.39. The summed E-state index contributed by atoms with van der Waals surface area (Å²) < 4.78 is 7.77. The lowest BCUT2D eigenvalue weighted by Gasteiger charge is -2.29. The summed E-state index contributed by atoms with van der Waals surface area (Å²) in [5.41, 5.74) is 0.426. The Hall–Kier alpha value is -2.92. The normalized spacial score (nSPS) is 25.5. The number of benzene rings is 1. The zero-order valence-electron chi connectivity index (χ0n) is 17.7. The fourth-order valence-corrected chi connectivity index (χ4v) is 4.70. The molecule has 0 spiro atoms. The molecule has 32 heavy (non-hydrogen) atoms. The maximum absolute atomic E-state index is 12.6. The van der Waals surface area contributed by atoms with Crippen molar-refractivity contribution in [3.63, 3.8) is 0 Å². The van der Waals surface area contributed by atoms with Crippen LogP contribution in [0.3, 0.4) is 0 Å². The number of rotatable bonds is 6. The Morgan fingerprint density at radius 3 is 2.59 bits per heavy atom. The average molecular weight is 456 g/mol. The average Bonchev–Trinajstić information content (AvgIpc) is 3.31. The van der Waals surface area contributed by atoms with Crippen molar-refractivity contribution in [3.05, 3.63) is 40.9 Å². The van der Waals surface area contributed by atoms with Gasteiger partial charge in [-0.3, -0.25) is 4.79 Å². The van der Waals surface area contributed by atoms with E-state index in [1.165, 1.54) is 0 Å². The number of nitrogens with zero attached hydrogens (tertiary/aromatic N) is 4. The molecule has 9 heteroatoms. The number of amides is 1. The number of aromatic nitrogens is 3. The number of aldehydes is 1. The van der Waals surface area contributed by atoms with Crippen molar-refractivity contribution in [1.82, 2.24) is 20.1 Å². The van der Waals surface area contributed by atoms with Gasteiger partial charge in [0.25, 0.3) is 5.91 Å². The Labute approximate surface area is 191 Å². The third kappa shape index (κ3) is 5.28. The van der Waals surface area contributed by atoms with Crippen LogP contribution in [0, 0.1) is 17.2 Å². The van der Waals surface area contributed by atoms with E-state index in [9.17, 15) is 9.59 Å². The summed E-state index contributed by atoms with van der Waals surface area (Å²) in [5.74, 6) is 0.727. The maximum atomic E-state index is 12.6. The summed E-state index contributed by atoms with van der Waals surface area (Å²) in [7, 11) is 0. The molecule has 1 aromatic carbocycles. The Morgan fingerprint density at radius 2 is 1.94 bits per heavy atom. The van der Waals surface area contributed by atoms with Gasteiger partial charge >= 0.3 is 0 Å². The second-order valence-corrected chi connectivity index (χ2v) is 8.98. The van der Waals surface area contributed by atoms with Crippen molar-refractivity contribution in [2.45, 2.75) is 69.6 Å². The molecule has 8 nitrogen and oxygen atoms in total. The van der Waals surface area contributed by atoms with Gasteiger partial charge in [-0.2, -0.15) is 5.26 Å². The van der Waals surface area contributed by atoms with Gasteiger partial charge < -0.3 is 14.8 Å². The summed E-state index contributed by atoms with van der Waals surface area (Å²) in [5, 5.41) is 16.8. The molecule has 1 aromatic heterocycles. The van der Waals surface area contributed by atoms with Crippen molar-refractivity contribution in [2.75, 3.05) is 0 Å². The van der Waals surface area contributed by atoms with Crippen LogP contribution < -0.4 is 10.1 Å². The molecule has 2 aliphatic rings. The lowest BCUT2D eigenvalue weighted by Crippen LogP contribution is -2.40. The standard InChI is InChI=1S/C23H26ClN5O3/c24-21-11-20(8-3-16(21)12-25)32-19-9-4-17(5-10-19)27-23(31)22-26-14-29(28-22)18-6-1-15(13-30)2-7-18/h3,8,11,13-15,17-19H,1-2,4-7,9-10H2,(H,27,31). The molecule has 0 bridgehead atoms. The van der Waals surface area contributed by atoms with Crippen molar-refractivity contribution in [2.24, 2.45) is 5.92 Å². The van der Waals surface area contributed by atoms with Gasteiger partial charge in [-0.05, 0) is 63.5 Å². The zero-order valence-corrected chi connectivity index (χ0v) is 18.5. The number of nitrogens with one attached hydrogen (secondary N) is 1. The molecule has 1 amide bonds. The molecular weight excluding hydrogens is 430 g/mol. The van der Waals surface area contributed by atoms with Crippen LogP contribution in [-0.4, -0.2) is 39.1 Å². The molecule has 0 unspecified atom stereocenters. The first kappa shape index (κ1) is 22.3. The molecule has 2 aromatic rings. The minimum Gasteiger partial charge on any atom is -0.490 e. The van der Waals surface area contributed by atoms with E-state index in [0.717, 1.165) is 57.7 Å². The fraction of sp³-hybridized carbons (Fsp3) is 0.522. The van der Waals surface area contributed by atoms with Crippen LogP contribution in [0.2, 0.25) is 5.02 Å². The van der Waals surface area contributed by atoms with E-state index in [0.29, 0.717) is 16.3 Å². The van der Waals surface area contributed by atoms with Crippen molar-refractivity contribution < 1.29 is 14.3 Å². The summed E-state index contributed by atoms with van der Waals surface area (Å²) in [6.45, 7) is 0. The topological polar surface area (TPSA) is 110 Å². The highest BCUT2D eigenvalue weighted by molar-refractivity contribution is 6.31. The monoisotopic (exact) mass is 455 g/mol. The van der Waals surface area contributed by atoms with Crippen LogP contribution in [0.15, 0.2) is 24.5 Å². The van der Waals surface area contributed by atoms with Crippen molar-refractivity contribution >= 4 is 23.8 Å². The predicted molar refractivity (Wildman–Crippen MR) is 117 cm³/mol. The van der Waals surface area contributed by atoms with E-state index in [1.54, 1.807) is 29.2 Å². The highest BCUT2D eigenvalue weighted by atomic mass is 35.5. The van der Waals surface area contributed by atoms with Gasteiger partial charge in [0.15, 0.2) is 0 Å². The third-order valence-corrected chi connectivity index (χ3v) is 6.71. The number of hydrogen-bond donors (Lipinski definition) is 1. The second kappa shape index (κ2) is 10.1. The zero-order chi connectivity index (χ0) is 22.5. The van der Waals surface area contributed by atoms with Crippen LogP contribution in [0.5, 0.6) is 5.75 Å². The first-order chi connectivity index (χ1) is 15.6. The molecule has 2 aliphatic carbocycles. The molecule has 0 saturated heterocycles. The van der Waals surface area contributed by atoms with E-state index >= 15 is 0 Å². The lowest BCUT2D eigenvalue weighted by atomic mass is 9.87. The number of ether oxygens (including phenoxy) is 1. The minimum absolute atomic E-state index is 0.0472. The van der Waals surface area contributed by atoms with E-state index in [-0.39, 0.29) is 35.8 Å². The first-order valence-corrected chi connectivity index (χ1v) is 11.5. The maximum Gasteiger partial charge on any atom is 0.291 e. The van der Waals surface area contributed by atoms with E-state index in [2.05, 4.69) is 15.4 Å². The van der Waals surface area contributed by atoms with Crippen LogP contribution >= 0.6 is 11.6 Å². The van der Waals surface area contributed by atoms with E-state index < -0.39 is 0 Å². The Morgan fingerprint density at radius 1 is 1.19 bits per heavy atom. The lowest BCUT2D eigenvalue weighted by molar-refractivity contribution is -0.112. The van der Waals surface area contributed by atoms with Crippen LogP contribution in [0.25, 0.3) is 0 Å². The molecule has 2 fully saturated rings. The molecule has 4 rings (SSSR count). The van der Waals surface area contributed by atoms with Gasteiger partial charge in [-0.1, -0.05) is 11.6 Å². The molecule has 2 saturated carbocycles. The van der Waals surface area contributed by atoms with E-state index in [4.69, 9.17) is 21.6 Å². The molecule has 0 aliphatic heterocycles. The largest absolute Gasteiger partial charge is 0.490 e. The van der Waals surface area contributed by atoms with Gasteiger partial charge in [-0.15, -0.1) is 5.10 Å². The number of carbonyl (C=O) groups excluding carboxylic acids is 2. The second-order valence-electron chi connectivity index (χ2n) is 8.57. The number of nitriles is 1. The SMILES string of the molecule is N#Cc1ccc(OC2CCC(NC(=O)c3ncn(C4CCC(C=O)CC4)n3)CC2)cc1Cl. The highest BCUT2D eigenvalue weighted by Crippen LogP contribution is 2.30. The quantitative estimate of drug-likeness (QED) is 0.662. The first-order valence-electron chi connectivity index (χ1n) is 11.1. The summed E-state index contributed by atoms with van der Waals surface area (Å²) in [4.78, 5) is 27.7. The summed E-state index contributed by atoms with van der Waals surface area (Å²) >= 11 is 6.07. The Bertz CT molecular complexity index is 1000. The van der Waals surface area contributed by atoms with Crippen LogP contribution in [-0.2, 0) is 4.79 Å². The van der Waals surface area contributed by atoms with Gasteiger partial charge in [-0.25, -0.2) is 9.67 Å². The smallest absolute Gasteiger partial charge is 0.291 e.